The molecule has 0 saturated heterocycles. The SMILES string of the molecule is CCOc1ccc(-c2cnc3cc4[nH]ncc4cc3n2)cc1F. The van der Waals surface area contributed by atoms with E-state index in [1.165, 1.54) is 6.07 Å². The summed E-state index contributed by atoms with van der Waals surface area (Å²) in [4.78, 5) is 8.99. The Morgan fingerprint density at radius 1 is 1.13 bits per heavy atom. The molecule has 4 aromatic rings. The lowest BCUT2D eigenvalue weighted by Gasteiger charge is -2.07. The molecule has 114 valence electrons. The molecule has 0 aliphatic rings. The summed E-state index contributed by atoms with van der Waals surface area (Å²) in [5.41, 5.74) is 3.68. The lowest BCUT2D eigenvalue weighted by molar-refractivity contribution is 0.321. The molecule has 1 N–H and O–H groups in total. The minimum atomic E-state index is -0.406. The molecule has 0 bridgehead atoms. The molecule has 2 aromatic heterocycles. The minimum absolute atomic E-state index is 0.241. The molecule has 0 amide bonds. The van der Waals surface area contributed by atoms with E-state index >= 15 is 0 Å². The maximum Gasteiger partial charge on any atom is 0.165 e. The van der Waals surface area contributed by atoms with Crippen molar-refractivity contribution >= 4 is 21.9 Å². The van der Waals surface area contributed by atoms with E-state index in [4.69, 9.17) is 4.74 Å². The van der Waals surface area contributed by atoms with Gasteiger partial charge < -0.3 is 4.74 Å². The van der Waals surface area contributed by atoms with E-state index in [0.29, 0.717) is 17.9 Å². The fraction of sp³-hybridized carbons (Fsp3) is 0.118. The van der Waals surface area contributed by atoms with Crippen LogP contribution in [0.4, 0.5) is 4.39 Å². The fourth-order valence-electron chi connectivity index (χ4n) is 2.52. The van der Waals surface area contributed by atoms with Gasteiger partial charge in [0.1, 0.15) is 0 Å². The summed E-state index contributed by atoms with van der Waals surface area (Å²) in [6.07, 6.45) is 3.37. The van der Waals surface area contributed by atoms with Gasteiger partial charge in [0.25, 0.3) is 0 Å². The molecule has 0 aliphatic heterocycles. The number of H-pyrrole nitrogens is 1. The number of nitrogens with zero attached hydrogens (tertiary/aromatic N) is 3. The normalized spacial score (nSPS) is 11.2. The predicted octanol–water partition coefficient (Wildman–Crippen LogP) is 3.71. The van der Waals surface area contributed by atoms with Crippen LogP contribution < -0.4 is 4.74 Å². The molecule has 6 heteroatoms. The maximum absolute atomic E-state index is 14.0. The minimum Gasteiger partial charge on any atom is -0.491 e. The van der Waals surface area contributed by atoms with E-state index in [1.54, 1.807) is 24.5 Å². The molecular formula is C17H13FN4O. The van der Waals surface area contributed by atoms with E-state index in [2.05, 4.69) is 20.2 Å². The number of hydrogen-bond acceptors (Lipinski definition) is 4. The van der Waals surface area contributed by atoms with Crippen LogP contribution in [0, 0.1) is 5.82 Å². The molecule has 0 atom stereocenters. The molecule has 0 fully saturated rings. The van der Waals surface area contributed by atoms with Gasteiger partial charge in [0.15, 0.2) is 11.6 Å². The summed E-state index contributed by atoms with van der Waals surface area (Å²) < 4.78 is 19.2. The van der Waals surface area contributed by atoms with Crippen LogP contribution in [0.25, 0.3) is 33.2 Å². The van der Waals surface area contributed by atoms with Crippen molar-refractivity contribution in [3.05, 3.63) is 48.5 Å². The van der Waals surface area contributed by atoms with Crippen molar-refractivity contribution in [1.82, 2.24) is 20.2 Å². The van der Waals surface area contributed by atoms with Crippen LogP contribution in [-0.2, 0) is 0 Å². The third-order valence-corrected chi connectivity index (χ3v) is 3.63. The number of aromatic amines is 1. The highest BCUT2D eigenvalue weighted by molar-refractivity contribution is 5.92. The summed E-state index contributed by atoms with van der Waals surface area (Å²) in [7, 11) is 0. The lowest BCUT2D eigenvalue weighted by Crippen LogP contribution is -1.95. The van der Waals surface area contributed by atoms with Gasteiger partial charge in [-0.25, -0.2) is 9.37 Å². The summed E-state index contributed by atoms with van der Waals surface area (Å²) in [5, 5.41) is 7.86. The topological polar surface area (TPSA) is 63.7 Å². The van der Waals surface area contributed by atoms with E-state index < -0.39 is 5.82 Å². The predicted molar refractivity (Wildman–Crippen MR) is 85.8 cm³/mol. The Kier molecular flexibility index (Phi) is 3.15. The zero-order valence-corrected chi connectivity index (χ0v) is 12.4. The Bertz CT molecular complexity index is 1010. The summed E-state index contributed by atoms with van der Waals surface area (Å²) in [6, 6.07) is 8.61. The summed E-state index contributed by atoms with van der Waals surface area (Å²) in [5.74, 6) is -0.165. The van der Waals surface area contributed by atoms with Gasteiger partial charge in [0.2, 0.25) is 0 Å². The van der Waals surface area contributed by atoms with Gasteiger partial charge >= 0.3 is 0 Å². The molecule has 2 heterocycles. The Morgan fingerprint density at radius 2 is 2.04 bits per heavy atom. The van der Waals surface area contributed by atoms with Crippen molar-refractivity contribution in [2.45, 2.75) is 6.92 Å². The van der Waals surface area contributed by atoms with Crippen LogP contribution in [0.15, 0.2) is 42.7 Å². The number of ether oxygens (including phenoxy) is 1. The molecular weight excluding hydrogens is 295 g/mol. The number of benzene rings is 2. The Hall–Kier alpha value is -3.02. The van der Waals surface area contributed by atoms with Crippen molar-refractivity contribution in [3.8, 4) is 17.0 Å². The van der Waals surface area contributed by atoms with Crippen LogP contribution in [0.3, 0.4) is 0 Å². The molecule has 5 nitrogen and oxygen atoms in total. The molecule has 0 saturated carbocycles. The van der Waals surface area contributed by atoms with Crippen LogP contribution in [-0.4, -0.2) is 26.8 Å². The second-order valence-electron chi connectivity index (χ2n) is 5.13. The molecule has 2 aromatic carbocycles. The maximum atomic E-state index is 14.0. The average Bonchev–Trinajstić information content (AvgIpc) is 3.01. The van der Waals surface area contributed by atoms with Crippen molar-refractivity contribution in [1.29, 1.82) is 0 Å². The summed E-state index contributed by atoms with van der Waals surface area (Å²) >= 11 is 0. The van der Waals surface area contributed by atoms with Gasteiger partial charge in [-0.2, -0.15) is 5.10 Å². The smallest absolute Gasteiger partial charge is 0.165 e. The number of halogens is 1. The van der Waals surface area contributed by atoms with Crippen molar-refractivity contribution < 1.29 is 9.13 Å². The van der Waals surface area contributed by atoms with Gasteiger partial charge in [0, 0.05) is 10.9 Å². The van der Waals surface area contributed by atoms with Crippen molar-refractivity contribution in [2.24, 2.45) is 0 Å². The van der Waals surface area contributed by atoms with Crippen LogP contribution in [0.2, 0.25) is 0 Å². The van der Waals surface area contributed by atoms with Crippen LogP contribution >= 0.6 is 0 Å². The van der Waals surface area contributed by atoms with Crippen LogP contribution in [0.5, 0.6) is 5.75 Å². The van der Waals surface area contributed by atoms with E-state index in [0.717, 1.165) is 21.9 Å². The van der Waals surface area contributed by atoms with Gasteiger partial charge in [-0.05, 0) is 37.3 Å². The van der Waals surface area contributed by atoms with Crippen molar-refractivity contribution in [2.75, 3.05) is 6.61 Å². The first kappa shape index (κ1) is 13.6. The van der Waals surface area contributed by atoms with Gasteiger partial charge in [0.05, 0.1) is 41.2 Å². The molecule has 0 aliphatic carbocycles. The van der Waals surface area contributed by atoms with Gasteiger partial charge in [-0.15, -0.1) is 0 Å². The Labute approximate surface area is 131 Å². The average molecular weight is 308 g/mol. The first-order valence-corrected chi connectivity index (χ1v) is 7.27. The van der Waals surface area contributed by atoms with Crippen LogP contribution in [0.1, 0.15) is 6.92 Å². The molecule has 23 heavy (non-hydrogen) atoms. The molecule has 4 rings (SSSR count). The molecule has 0 spiro atoms. The Balaban J connectivity index is 1.81. The van der Waals surface area contributed by atoms with E-state index in [1.807, 2.05) is 19.1 Å². The van der Waals surface area contributed by atoms with Gasteiger partial charge in [-0.3, -0.25) is 10.1 Å². The van der Waals surface area contributed by atoms with Crippen molar-refractivity contribution in [3.63, 3.8) is 0 Å². The lowest BCUT2D eigenvalue weighted by atomic mass is 10.1. The highest BCUT2D eigenvalue weighted by atomic mass is 19.1. The highest BCUT2D eigenvalue weighted by Gasteiger charge is 2.09. The number of fused-ring (bicyclic) bond motifs is 2. The number of hydrogen-bond donors (Lipinski definition) is 1. The van der Waals surface area contributed by atoms with Gasteiger partial charge in [-0.1, -0.05) is 0 Å². The third-order valence-electron chi connectivity index (χ3n) is 3.63. The second-order valence-corrected chi connectivity index (χ2v) is 5.13. The monoisotopic (exact) mass is 308 g/mol. The standard InChI is InChI=1S/C17H13FN4O/c1-2-23-17-4-3-10(5-12(17)18)16-9-19-14-7-13-11(8-20-22-13)6-15(14)21-16/h3-9H,2H2,1H3,(H,20,22). The fourth-order valence-corrected chi connectivity index (χ4v) is 2.52. The second kappa shape index (κ2) is 5.31. The first-order valence-electron chi connectivity index (χ1n) is 7.27. The third kappa shape index (κ3) is 2.38. The quantitative estimate of drug-likeness (QED) is 0.626. The number of rotatable bonds is 3. The number of nitrogens with one attached hydrogen (secondary N) is 1. The molecule has 0 unspecified atom stereocenters. The first-order chi connectivity index (χ1) is 11.2. The largest absolute Gasteiger partial charge is 0.491 e. The highest BCUT2D eigenvalue weighted by Crippen LogP contribution is 2.26. The number of aromatic nitrogens is 4. The van der Waals surface area contributed by atoms with E-state index in [9.17, 15) is 4.39 Å². The summed E-state index contributed by atoms with van der Waals surface area (Å²) in [6.45, 7) is 2.24. The zero-order valence-electron chi connectivity index (χ0n) is 12.4. The molecule has 0 radical (unpaired) electrons. The zero-order chi connectivity index (χ0) is 15.8. The Morgan fingerprint density at radius 3 is 2.87 bits per heavy atom. The van der Waals surface area contributed by atoms with E-state index in [-0.39, 0.29) is 5.75 Å².